The van der Waals surface area contributed by atoms with Gasteiger partial charge in [0.05, 0.1) is 11.6 Å². The van der Waals surface area contributed by atoms with Gasteiger partial charge < -0.3 is 4.57 Å². The highest BCUT2D eigenvalue weighted by Gasteiger charge is 2.20. The van der Waals surface area contributed by atoms with Crippen LogP contribution in [-0.4, -0.2) is 31.3 Å². The van der Waals surface area contributed by atoms with Crippen molar-refractivity contribution in [2.45, 2.75) is 39.2 Å². The molecule has 0 amide bonds. The average Bonchev–Trinajstić information content (AvgIpc) is 2.87. The Morgan fingerprint density at radius 1 is 1.44 bits per heavy atom. The zero-order valence-corrected chi connectivity index (χ0v) is 12.8. The van der Waals surface area contributed by atoms with Crippen LogP contribution < -0.4 is 0 Å². The topological polar surface area (TPSA) is 35.6 Å². The first kappa shape index (κ1) is 13.7. The first-order valence-electron chi connectivity index (χ1n) is 6.13. The van der Waals surface area contributed by atoms with Gasteiger partial charge in [-0.2, -0.15) is 16.9 Å². The lowest BCUT2D eigenvalue weighted by Crippen LogP contribution is -2.14. The van der Waals surface area contributed by atoms with E-state index in [1.54, 1.807) is 0 Å². The van der Waals surface area contributed by atoms with Gasteiger partial charge in [0.15, 0.2) is 5.65 Å². The van der Waals surface area contributed by atoms with Gasteiger partial charge in [0, 0.05) is 18.3 Å². The van der Waals surface area contributed by atoms with Crippen LogP contribution >= 0.6 is 23.4 Å². The number of thioether (sulfide) groups is 1. The molecule has 2 aromatic rings. The molecular formula is C12H19ClN4S. The molecule has 4 nitrogen and oxygen atoms in total. The fraction of sp³-hybridized carbons (Fsp3) is 0.667. The third-order valence-corrected chi connectivity index (χ3v) is 4.14. The van der Waals surface area contributed by atoms with E-state index in [4.69, 9.17) is 11.6 Å². The van der Waals surface area contributed by atoms with Crippen molar-refractivity contribution < 1.29 is 0 Å². The number of halogens is 1. The van der Waals surface area contributed by atoms with Crippen molar-refractivity contribution >= 4 is 34.5 Å². The minimum atomic E-state index is 0.375. The van der Waals surface area contributed by atoms with Crippen molar-refractivity contribution in [2.24, 2.45) is 0 Å². The number of alkyl halides is 1. The molecule has 18 heavy (non-hydrogen) atoms. The number of imidazole rings is 1. The standard InChI is InChI=1S/C12H19ClN4S/c1-5-16-12-11(9(3)15-16)14-10(6-13)17(12)8(2)7-18-4/h8H,5-7H2,1-4H3. The van der Waals surface area contributed by atoms with E-state index < -0.39 is 0 Å². The minimum Gasteiger partial charge on any atom is -0.308 e. The van der Waals surface area contributed by atoms with Crippen molar-refractivity contribution in [3.8, 4) is 0 Å². The van der Waals surface area contributed by atoms with Crippen LogP contribution in [0.1, 0.15) is 31.4 Å². The van der Waals surface area contributed by atoms with Gasteiger partial charge in [-0.1, -0.05) is 0 Å². The lowest BCUT2D eigenvalue weighted by atomic mass is 10.3. The fourth-order valence-electron chi connectivity index (χ4n) is 2.33. The van der Waals surface area contributed by atoms with E-state index in [2.05, 4.69) is 34.8 Å². The smallest absolute Gasteiger partial charge is 0.159 e. The van der Waals surface area contributed by atoms with Crippen LogP contribution in [0.2, 0.25) is 0 Å². The number of hydrogen-bond donors (Lipinski definition) is 0. The maximum atomic E-state index is 6.03. The van der Waals surface area contributed by atoms with E-state index in [1.165, 1.54) is 0 Å². The predicted octanol–water partition coefficient (Wildman–Crippen LogP) is 3.22. The fourth-order valence-corrected chi connectivity index (χ4v) is 3.15. The Kier molecular flexibility index (Phi) is 4.22. The van der Waals surface area contributed by atoms with Crippen molar-refractivity contribution in [3.05, 3.63) is 11.5 Å². The van der Waals surface area contributed by atoms with Crippen LogP contribution in [0, 0.1) is 6.92 Å². The highest BCUT2D eigenvalue weighted by Crippen LogP contribution is 2.26. The average molecular weight is 287 g/mol. The normalized spacial score (nSPS) is 13.4. The first-order chi connectivity index (χ1) is 8.63. The summed E-state index contributed by atoms with van der Waals surface area (Å²) in [4.78, 5) is 4.64. The number of nitrogens with zero attached hydrogens (tertiary/aromatic N) is 4. The second-order valence-electron chi connectivity index (χ2n) is 4.41. The molecule has 0 radical (unpaired) electrons. The molecule has 0 aliphatic heterocycles. The van der Waals surface area contributed by atoms with Gasteiger partial charge >= 0.3 is 0 Å². The second kappa shape index (κ2) is 5.53. The lowest BCUT2D eigenvalue weighted by Gasteiger charge is -2.16. The summed E-state index contributed by atoms with van der Waals surface area (Å²) in [5.74, 6) is 2.43. The molecule has 6 heteroatoms. The SMILES string of the molecule is CCn1nc(C)c2nc(CCl)n(C(C)CSC)c21. The summed E-state index contributed by atoms with van der Waals surface area (Å²) in [6, 6.07) is 0.375. The van der Waals surface area contributed by atoms with Crippen LogP contribution in [-0.2, 0) is 12.4 Å². The Hall–Kier alpha value is -0.680. The molecule has 0 saturated carbocycles. The van der Waals surface area contributed by atoms with E-state index in [1.807, 2.05) is 23.4 Å². The maximum Gasteiger partial charge on any atom is 0.159 e. The molecule has 2 aromatic heterocycles. The molecule has 1 unspecified atom stereocenters. The van der Waals surface area contributed by atoms with Gasteiger partial charge in [-0.15, -0.1) is 11.6 Å². The summed E-state index contributed by atoms with van der Waals surface area (Å²) in [6.45, 7) is 7.16. The molecule has 0 saturated heterocycles. The van der Waals surface area contributed by atoms with E-state index in [9.17, 15) is 0 Å². The number of aryl methyl sites for hydroxylation is 2. The number of rotatable bonds is 5. The molecule has 2 heterocycles. The maximum absolute atomic E-state index is 6.03. The third kappa shape index (κ3) is 2.14. The van der Waals surface area contributed by atoms with Gasteiger partial charge in [0.2, 0.25) is 0 Å². The van der Waals surface area contributed by atoms with E-state index in [0.29, 0.717) is 11.9 Å². The quantitative estimate of drug-likeness (QED) is 0.792. The van der Waals surface area contributed by atoms with Gasteiger partial charge in [-0.25, -0.2) is 9.67 Å². The van der Waals surface area contributed by atoms with Crippen molar-refractivity contribution in [2.75, 3.05) is 12.0 Å². The van der Waals surface area contributed by atoms with Crippen molar-refractivity contribution in [3.63, 3.8) is 0 Å². The molecule has 0 spiro atoms. The summed E-state index contributed by atoms with van der Waals surface area (Å²) >= 11 is 7.87. The van der Waals surface area contributed by atoms with Crippen LogP contribution in [0.25, 0.3) is 11.2 Å². The van der Waals surface area contributed by atoms with Gasteiger partial charge in [0.1, 0.15) is 11.3 Å². The monoisotopic (exact) mass is 286 g/mol. The highest BCUT2D eigenvalue weighted by molar-refractivity contribution is 7.98. The Morgan fingerprint density at radius 2 is 2.17 bits per heavy atom. The Balaban J connectivity index is 2.66. The molecule has 0 aliphatic carbocycles. The largest absolute Gasteiger partial charge is 0.308 e. The summed E-state index contributed by atoms with van der Waals surface area (Å²) < 4.78 is 4.26. The van der Waals surface area contributed by atoms with Crippen LogP contribution in [0.5, 0.6) is 0 Å². The minimum absolute atomic E-state index is 0.375. The Morgan fingerprint density at radius 3 is 2.72 bits per heavy atom. The second-order valence-corrected chi connectivity index (χ2v) is 5.59. The molecule has 0 N–H and O–H groups in total. The van der Waals surface area contributed by atoms with Crippen LogP contribution in [0.3, 0.4) is 0 Å². The molecule has 1 atom stereocenters. The molecule has 100 valence electrons. The van der Waals surface area contributed by atoms with Gasteiger partial charge in [0.25, 0.3) is 0 Å². The summed E-state index contributed by atoms with van der Waals surface area (Å²) in [5, 5.41) is 4.53. The Bertz CT molecular complexity index is 546. The van der Waals surface area contributed by atoms with E-state index in [-0.39, 0.29) is 0 Å². The van der Waals surface area contributed by atoms with Gasteiger partial charge in [-0.3, -0.25) is 0 Å². The van der Waals surface area contributed by atoms with Crippen LogP contribution in [0.15, 0.2) is 0 Å². The molecule has 0 aromatic carbocycles. The van der Waals surface area contributed by atoms with Crippen LogP contribution in [0.4, 0.5) is 0 Å². The highest BCUT2D eigenvalue weighted by atomic mass is 35.5. The summed E-state index contributed by atoms with van der Waals surface area (Å²) in [5.41, 5.74) is 3.07. The first-order valence-corrected chi connectivity index (χ1v) is 8.05. The molecule has 0 bridgehead atoms. The lowest BCUT2D eigenvalue weighted by molar-refractivity contribution is 0.569. The molecular weight excluding hydrogens is 268 g/mol. The van der Waals surface area contributed by atoms with Gasteiger partial charge in [-0.05, 0) is 27.0 Å². The molecule has 2 rings (SSSR count). The number of fused-ring (bicyclic) bond motifs is 1. The molecule has 0 fully saturated rings. The van der Waals surface area contributed by atoms with E-state index >= 15 is 0 Å². The zero-order valence-electron chi connectivity index (χ0n) is 11.3. The van der Waals surface area contributed by atoms with Crippen molar-refractivity contribution in [1.82, 2.24) is 19.3 Å². The van der Waals surface area contributed by atoms with Crippen molar-refractivity contribution in [1.29, 1.82) is 0 Å². The zero-order chi connectivity index (χ0) is 13.3. The molecule has 0 aliphatic rings. The summed E-state index contributed by atoms with van der Waals surface area (Å²) in [6.07, 6.45) is 2.12. The number of hydrogen-bond acceptors (Lipinski definition) is 3. The van der Waals surface area contributed by atoms with E-state index in [0.717, 1.165) is 35.0 Å². The summed E-state index contributed by atoms with van der Waals surface area (Å²) in [7, 11) is 0. The number of aromatic nitrogens is 4. The predicted molar refractivity (Wildman–Crippen MR) is 78.6 cm³/mol. The Labute approximate surface area is 117 Å². The third-order valence-electron chi connectivity index (χ3n) is 3.08.